The fourth-order valence-electron chi connectivity index (χ4n) is 3.55. The number of carbonyl (C=O) groups is 2. The lowest BCUT2D eigenvalue weighted by Crippen LogP contribution is -2.48. The van der Waals surface area contributed by atoms with E-state index in [-0.39, 0.29) is 23.1 Å². The van der Waals surface area contributed by atoms with Crippen molar-refractivity contribution in [2.45, 2.75) is 65.0 Å². The van der Waals surface area contributed by atoms with Gasteiger partial charge >= 0.3 is 0 Å². The van der Waals surface area contributed by atoms with Crippen LogP contribution in [-0.4, -0.2) is 42.6 Å². The third-order valence-electron chi connectivity index (χ3n) is 4.93. The highest BCUT2D eigenvalue weighted by Crippen LogP contribution is 2.38. The Labute approximate surface area is 139 Å². The Bertz CT molecular complexity index is 526. The molecule has 5 heteroatoms. The second kappa shape index (κ2) is 7.39. The number of aliphatic imine (C=N–C) groups is 1. The molecule has 23 heavy (non-hydrogen) atoms. The summed E-state index contributed by atoms with van der Waals surface area (Å²) in [5, 5.41) is 6.25. The summed E-state index contributed by atoms with van der Waals surface area (Å²) in [6.45, 7) is 11.2. The minimum absolute atomic E-state index is 0.0645. The van der Waals surface area contributed by atoms with Gasteiger partial charge in [-0.15, -0.1) is 0 Å². The van der Waals surface area contributed by atoms with Gasteiger partial charge in [-0.25, -0.2) is 0 Å². The third kappa shape index (κ3) is 4.08. The van der Waals surface area contributed by atoms with Gasteiger partial charge in [0.2, 0.25) is 5.91 Å². The predicted molar refractivity (Wildman–Crippen MR) is 92.7 cm³/mol. The highest BCUT2D eigenvalue weighted by atomic mass is 16.2. The van der Waals surface area contributed by atoms with Crippen molar-refractivity contribution in [1.82, 2.24) is 10.6 Å². The lowest BCUT2D eigenvalue weighted by atomic mass is 9.82. The van der Waals surface area contributed by atoms with Crippen LogP contribution in [0.4, 0.5) is 0 Å². The van der Waals surface area contributed by atoms with Crippen LogP contribution in [0.1, 0.15) is 52.9 Å². The van der Waals surface area contributed by atoms with Gasteiger partial charge in [0.15, 0.2) is 5.78 Å². The smallest absolute Gasteiger partial charge is 0.237 e. The number of nitrogens with one attached hydrogen (secondary N) is 2. The van der Waals surface area contributed by atoms with Gasteiger partial charge in [-0.1, -0.05) is 26.8 Å². The Balaban J connectivity index is 1.93. The van der Waals surface area contributed by atoms with Crippen LogP contribution in [0, 0.1) is 5.41 Å². The zero-order valence-electron chi connectivity index (χ0n) is 14.6. The van der Waals surface area contributed by atoms with Gasteiger partial charge in [0, 0.05) is 24.2 Å². The summed E-state index contributed by atoms with van der Waals surface area (Å²) in [7, 11) is 0. The maximum atomic E-state index is 12.6. The second-order valence-corrected chi connectivity index (χ2v) is 7.04. The molecule has 5 nitrogen and oxygen atoms in total. The van der Waals surface area contributed by atoms with Gasteiger partial charge < -0.3 is 10.6 Å². The summed E-state index contributed by atoms with van der Waals surface area (Å²) < 4.78 is 0. The third-order valence-corrected chi connectivity index (χ3v) is 4.93. The average Bonchev–Trinajstić information content (AvgIpc) is 3.13. The van der Waals surface area contributed by atoms with Crippen LogP contribution in [0.15, 0.2) is 17.1 Å². The molecule has 1 spiro atoms. The molecule has 1 saturated heterocycles. The Morgan fingerprint density at radius 2 is 2.22 bits per heavy atom. The average molecular weight is 319 g/mol. The number of hydrogen-bond acceptors (Lipinski definition) is 4. The summed E-state index contributed by atoms with van der Waals surface area (Å²) in [6.07, 6.45) is 4.28. The highest BCUT2D eigenvalue weighted by Gasteiger charge is 2.44. The fourth-order valence-corrected chi connectivity index (χ4v) is 3.55. The van der Waals surface area contributed by atoms with E-state index in [0.29, 0.717) is 12.0 Å². The molecule has 0 aliphatic carbocycles. The van der Waals surface area contributed by atoms with Crippen LogP contribution in [0.5, 0.6) is 0 Å². The summed E-state index contributed by atoms with van der Waals surface area (Å²) in [5.74, 6) is -0.134. The molecule has 0 aromatic carbocycles. The quantitative estimate of drug-likeness (QED) is 0.705. The van der Waals surface area contributed by atoms with Crippen LogP contribution in [-0.2, 0) is 9.59 Å². The number of ketones is 1. The first-order valence-corrected chi connectivity index (χ1v) is 8.66. The monoisotopic (exact) mass is 319 g/mol. The van der Waals surface area contributed by atoms with Crippen molar-refractivity contribution in [3.05, 3.63) is 12.2 Å². The Morgan fingerprint density at radius 3 is 2.78 bits per heavy atom. The Kier molecular flexibility index (Phi) is 5.74. The lowest BCUT2D eigenvalue weighted by molar-refractivity contribution is -0.127. The molecule has 1 amide bonds. The van der Waals surface area contributed by atoms with Crippen LogP contribution in [0.3, 0.4) is 0 Å². The van der Waals surface area contributed by atoms with Crippen molar-refractivity contribution >= 4 is 17.4 Å². The van der Waals surface area contributed by atoms with Crippen molar-refractivity contribution in [2.24, 2.45) is 10.4 Å². The lowest BCUT2D eigenvalue weighted by Gasteiger charge is -2.22. The van der Waals surface area contributed by atoms with Crippen molar-refractivity contribution in [3.8, 4) is 0 Å². The highest BCUT2D eigenvalue weighted by molar-refractivity contribution is 6.01. The molecule has 0 saturated carbocycles. The van der Waals surface area contributed by atoms with Crippen molar-refractivity contribution in [3.63, 3.8) is 0 Å². The van der Waals surface area contributed by atoms with Crippen LogP contribution >= 0.6 is 0 Å². The number of Topliss-reactive ketones (excluding diaryl/α,β-unsaturated/α-hetero) is 1. The van der Waals surface area contributed by atoms with E-state index in [9.17, 15) is 9.59 Å². The Morgan fingerprint density at radius 1 is 1.48 bits per heavy atom. The van der Waals surface area contributed by atoms with E-state index in [2.05, 4.69) is 29.1 Å². The molecule has 1 unspecified atom stereocenters. The predicted octanol–water partition coefficient (Wildman–Crippen LogP) is 2.02. The summed E-state index contributed by atoms with van der Waals surface area (Å²) in [4.78, 5) is 29.3. The topological polar surface area (TPSA) is 70.6 Å². The number of nitrogens with zero attached hydrogens (tertiary/aromatic N) is 1. The summed E-state index contributed by atoms with van der Waals surface area (Å²) in [6, 6.07) is -0.673. The first kappa shape index (κ1) is 17.9. The molecule has 2 aliphatic rings. The maximum absolute atomic E-state index is 12.6. The van der Waals surface area contributed by atoms with Gasteiger partial charge in [-0.05, 0) is 38.2 Å². The Hall–Kier alpha value is -1.49. The van der Waals surface area contributed by atoms with Gasteiger partial charge in [-0.3, -0.25) is 14.6 Å². The van der Waals surface area contributed by atoms with Crippen LogP contribution < -0.4 is 10.6 Å². The first-order chi connectivity index (χ1) is 10.9. The van der Waals surface area contributed by atoms with Gasteiger partial charge in [0.25, 0.3) is 0 Å². The van der Waals surface area contributed by atoms with E-state index < -0.39 is 6.04 Å². The number of rotatable bonds is 7. The molecule has 3 atom stereocenters. The summed E-state index contributed by atoms with van der Waals surface area (Å²) >= 11 is 0. The van der Waals surface area contributed by atoms with E-state index in [1.807, 2.05) is 6.92 Å². The number of hydrogen-bond donors (Lipinski definition) is 2. The molecule has 2 rings (SSSR count). The maximum Gasteiger partial charge on any atom is 0.237 e. The fraction of sp³-hybridized carbons (Fsp3) is 0.722. The summed E-state index contributed by atoms with van der Waals surface area (Å²) in [5.41, 5.74) is 1.86. The second-order valence-electron chi connectivity index (χ2n) is 7.04. The minimum atomic E-state index is -0.450. The standard InChI is InChI=1S/C18H29N3O2/c1-5-7-14(16(22)12(3)4)21-17(23)15-9-18(11-20-15)8-13(6-2)19-10-18/h14-15,20H,3,5-11H2,1-2,4H3,(H,21,23)/t14-,15?,18-/m0/s1. The molecule has 0 radical (unpaired) electrons. The number of amides is 1. The van der Waals surface area contributed by atoms with Gasteiger partial charge in [-0.2, -0.15) is 0 Å². The van der Waals surface area contributed by atoms with Crippen LogP contribution in [0.2, 0.25) is 0 Å². The molecule has 2 N–H and O–H groups in total. The van der Waals surface area contributed by atoms with Gasteiger partial charge in [0.1, 0.15) is 0 Å². The normalized spacial score (nSPS) is 27.8. The molecule has 0 aromatic rings. The largest absolute Gasteiger partial charge is 0.345 e. The molecule has 2 aliphatic heterocycles. The molecule has 128 valence electrons. The zero-order chi connectivity index (χ0) is 17.0. The van der Waals surface area contributed by atoms with E-state index in [4.69, 9.17) is 0 Å². The SMILES string of the molecule is C=C(C)C(=O)[C@H](CCC)NC(=O)C1C[C@@]2(CN=C(CC)C2)CN1. The first-order valence-electron chi connectivity index (χ1n) is 8.66. The van der Waals surface area contributed by atoms with Crippen molar-refractivity contribution in [1.29, 1.82) is 0 Å². The molecule has 2 heterocycles. The molecule has 1 fully saturated rings. The van der Waals surface area contributed by atoms with Gasteiger partial charge in [0.05, 0.1) is 12.1 Å². The van der Waals surface area contributed by atoms with E-state index in [1.165, 1.54) is 5.71 Å². The van der Waals surface area contributed by atoms with E-state index >= 15 is 0 Å². The minimum Gasteiger partial charge on any atom is -0.345 e. The number of carbonyl (C=O) groups excluding carboxylic acids is 2. The van der Waals surface area contributed by atoms with Crippen LogP contribution in [0.25, 0.3) is 0 Å². The molecular formula is C18H29N3O2. The molecule has 0 bridgehead atoms. The van der Waals surface area contributed by atoms with E-state index in [1.54, 1.807) is 6.92 Å². The molecule has 0 aromatic heterocycles. The zero-order valence-corrected chi connectivity index (χ0v) is 14.6. The molecular weight excluding hydrogens is 290 g/mol. The van der Waals surface area contributed by atoms with Crippen molar-refractivity contribution < 1.29 is 9.59 Å². The van der Waals surface area contributed by atoms with E-state index in [0.717, 1.165) is 38.8 Å². The van der Waals surface area contributed by atoms with Crippen molar-refractivity contribution in [2.75, 3.05) is 13.1 Å².